The Labute approximate surface area is 147 Å². The van der Waals surface area contributed by atoms with Gasteiger partial charge in [-0.05, 0) is 42.8 Å². The minimum atomic E-state index is -0.382. The van der Waals surface area contributed by atoms with Crippen LogP contribution in [0.1, 0.15) is 12.5 Å². The van der Waals surface area contributed by atoms with Crippen molar-refractivity contribution in [2.75, 3.05) is 12.3 Å². The van der Waals surface area contributed by atoms with Gasteiger partial charge >= 0.3 is 0 Å². The van der Waals surface area contributed by atoms with Crippen LogP contribution in [0.25, 0.3) is 0 Å². The second-order valence-electron chi connectivity index (χ2n) is 4.72. The third-order valence-corrected chi connectivity index (χ3v) is 3.69. The molecule has 3 N–H and O–H groups in total. The second-order valence-corrected chi connectivity index (χ2v) is 6.04. The van der Waals surface area contributed by atoms with Crippen LogP contribution in [0.15, 0.2) is 52.0 Å². The first-order valence-corrected chi connectivity index (χ1v) is 7.89. The van der Waals surface area contributed by atoms with Crippen molar-refractivity contribution in [1.29, 1.82) is 0 Å². The summed E-state index contributed by atoms with van der Waals surface area (Å²) in [5, 5.41) is 4.45. The molecule has 0 bridgehead atoms. The molecular weight excluding hydrogens is 382 g/mol. The number of halogens is 2. The molecule has 2 aromatic carbocycles. The molecule has 2 rings (SSSR count). The van der Waals surface area contributed by atoms with E-state index in [2.05, 4.69) is 26.5 Å². The van der Waals surface area contributed by atoms with Crippen molar-refractivity contribution in [3.8, 4) is 5.75 Å². The average molecular weight is 397 g/mol. The highest BCUT2D eigenvalue weighted by molar-refractivity contribution is 9.10. The van der Waals surface area contributed by atoms with E-state index in [0.717, 1.165) is 10.0 Å². The zero-order valence-corrected chi connectivity index (χ0v) is 14.7. The number of nitrogen functional groups attached to an aromatic ring is 1. The molecule has 0 fully saturated rings. The van der Waals surface area contributed by atoms with Crippen LogP contribution in [0.4, 0.5) is 5.69 Å². The zero-order chi connectivity index (χ0) is 16.8. The molecule has 0 aliphatic heterocycles. The number of hydrogen-bond acceptors (Lipinski definition) is 4. The quantitative estimate of drug-likeness (QED) is 0.460. The van der Waals surface area contributed by atoms with E-state index in [9.17, 15) is 4.79 Å². The highest BCUT2D eigenvalue weighted by atomic mass is 79.9. The largest absolute Gasteiger partial charge is 0.482 e. The molecular formula is C16H15BrClN3O2. The molecule has 0 heterocycles. The van der Waals surface area contributed by atoms with E-state index >= 15 is 0 Å². The Hall–Kier alpha value is -2.05. The Morgan fingerprint density at radius 3 is 2.83 bits per heavy atom. The fourth-order valence-corrected chi connectivity index (χ4v) is 2.47. The number of nitrogens with two attached hydrogens (primary N) is 1. The van der Waals surface area contributed by atoms with Gasteiger partial charge in [0.1, 0.15) is 5.75 Å². The highest BCUT2D eigenvalue weighted by Gasteiger charge is 2.06. The van der Waals surface area contributed by atoms with Crippen LogP contribution in [0.5, 0.6) is 5.75 Å². The van der Waals surface area contributed by atoms with E-state index in [1.807, 2.05) is 12.1 Å². The normalized spacial score (nSPS) is 11.2. The van der Waals surface area contributed by atoms with Gasteiger partial charge in [0, 0.05) is 10.2 Å². The van der Waals surface area contributed by atoms with Crippen molar-refractivity contribution in [2.45, 2.75) is 6.92 Å². The molecule has 23 heavy (non-hydrogen) atoms. The molecule has 0 radical (unpaired) electrons. The lowest BCUT2D eigenvalue weighted by Gasteiger charge is -2.08. The molecule has 0 spiro atoms. The maximum absolute atomic E-state index is 11.8. The van der Waals surface area contributed by atoms with Gasteiger partial charge in [-0.2, -0.15) is 5.10 Å². The Bertz CT molecular complexity index is 750. The maximum Gasteiger partial charge on any atom is 0.277 e. The Balaban J connectivity index is 1.90. The molecule has 7 heteroatoms. The van der Waals surface area contributed by atoms with Gasteiger partial charge in [-0.1, -0.05) is 39.7 Å². The first-order valence-electron chi connectivity index (χ1n) is 6.72. The number of ether oxygens (including phenoxy) is 1. The molecule has 0 aliphatic rings. The van der Waals surface area contributed by atoms with Gasteiger partial charge in [0.25, 0.3) is 5.91 Å². The standard InChI is InChI=1S/C16H15BrClN3O2/c1-10(11-3-2-4-13(19)7-11)20-21-16(22)9-23-15-6-5-12(17)8-14(15)18/h2-8H,9,19H2,1H3,(H,21,22). The van der Waals surface area contributed by atoms with Gasteiger partial charge in [-0.3, -0.25) is 4.79 Å². The molecule has 0 saturated carbocycles. The summed E-state index contributed by atoms with van der Waals surface area (Å²) in [5.41, 5.74) is 10.3. The average Bonchev–Trinajstić information content (AvgIpc) is 2.51. The van der Waals surface area contributed by atoms with Crippen molar-refractivity contribution in [3.05, 3.63) is 57.5 Å². The molecule has 0 unspecified atom stereocenters. The number of carbonyl (C=O) groups is 1. The predicted octanol–water partition coefficient (Wildman–Crippen LogP) is 3.60. The number of benzene rings is 2. The SMILES string of the molecule is CC(=NNC(=O)COc1ccc(Br)cc1Cl)c1cccc(N)c1. The first-order chi connectivity index (χ1) is 11.0. The second kappa shape index (κ2) is 7.99. The molecule has 0 aliphatic carbocycles. The summed E-state index contributed by atoms with van der Waals surface area (Å²) in [5.74, 6) is 0.0498. The molecule has 5 nitrogen and oxygen atoms in total. The summed E-state index contributed by atoms with van der Waals surface area (Å²) in [4.78, 5) is 11.8. The molecule has 2 aromatic rings. The minimum absolute atomic E-state index is 0.185. The Kier molecular flexibility index (Phi) is 6.01. The Morgan fingerprint density at radius 1 is 1.35 bits per heavy atom. The summed E-state index contributed by atoms with van der Waals surface area (Å²) in [6.07, 6.45) is 0. The lowest BCUT2D eigenvalue weighted by Crippen LogP contribution is -2.25. The van der Waals surface area contributed by atoms with Crippen LogP contribution in [-0.2, 0) is 4.79 Å². The number of amides is 1. The van der Waals surface area contributed by atoms with Crippen molar-refractivity contribution in [3.63, 3.8) is 0 Å². The number of anilines is 1. The lowest BCUT2D eigenvalue weighted by atomic mass is 10.1. The minimum Gasteiger partial charge on any atom is -0.482 e. The van der Waals surface area contributed by atoms with Crippen LogP contribution < -0.4 is 15.9 Å². The van der Waals surface area contributed by atoms with E-state index < -0.39 is 0 Å². The molecule has 0 atom stereocenters. The molecule has 0 saturated heterocycles. The smallest absolute Gasteiger partial charge is 0.277 e. The van der Waals surface area contributed by atoms with Crippen molar-refractivity contribution < 1.29 is 9.53 Å². The fourth-order valence-electron chi connectivity index (χ4n) is 1.74. The number of nitrogens with zero attached hydrogens (tertiary/aromatic N) is 1. The summed E-state index contributed by atoms with van der Waals surface area (Å²) < 4.78 is 6.19. The van der Waals surface area contributed by atoms with E-state index in [4.69, 9.17) is 22.1 Å². The fraction of sp³-hybridized carbons (Fsp3) is 0.125. The third-order valence-electron chi connectivity index (χ3n) is 2.91. The third kappa shape index (κ3) is 5.26. The van der Waals surface area contributed by atoms with E-state index in [1.54, 1.807) is 37.3 Å². The zero-order valence-electron chi connectivity index (χ0n) is 12.3. The van der Waals surface area contributed by atoms with Gasteiger partial charge < -0.3 is 10.5 Å². The van der Waals surface area contributed by atoms with Crippen LogP contribution >= 0.6 is 27.5 Å². The van der Waals surface area contributed by atoms with Gasteiger partial charge in [-0.25, -0.2) is 5.43 Å². The van der Waals surface area contributed by atoms with E-state index in [-0.39, 0.29) is 12.5 Å². The monoisotopic (exact) mass is 395 g/mol. The highest BCUT2D eigenvalue weighted by Crippen LogP contribution is 2.27. The summed E-state index contributed by atoms with van der Waals surface area (Å²) >= 11 is 9.31. The van der Waals surface area contributed by atoms with Crippen LogP contribution in [0, 0.1) is 0 Å². The Morgan fingerprint density at radius 2 is 2.13 bits per heavy atom. The number of carbonyl (C=O) groups excluding carboxylic acids is 1. The van der Waals surface area contributed by atoms with Gasteiger partial charge in [0.15, 0.2) is 6.61 Å². The number of hydrogen-bond donors (Lipinski definition) is 2. The van der Waals surface area contributed by atoms with Crippen LogP contribution in [0.2, 0.25) is 5.02 Å². The first kappa shape index (κ1) is 17.3. The lowest BCUT2D eigenvalue weighted by molar-refractivity contribution is -0.123. The number of hydrazone groups is 1. The molecule has 1 amide bonds. The van der Waals surface area contributed by atoms with Gasteiger partial charge in [0.05, 0.1) is 10.7 Å². The van der Waals surface area contributed by atoms with Crippen LogP contribution in [-0.4, -0.2) is 18.2 Å². The summed E-state index contributed by atoms with van der Waals surface area (Å²) in [6.45, 7) is 1.59. The number of nitrogens with one attached hydrogen (secondary N) is 1. The summed E-state index contributed by atoms with van der Waals surface area (Å²) in [7, 11) is 0. The predicted molar refractivity (Wildman–Crippen MR) is 95.9 cm³/mol. The van der Waals surface area contributed by atoms with E-state index in [0.29, 0.717) is 22.2 Å². The summed E-state index contributed by atoms with van der Waals surface area (Å²) in [6, 6.07) is 12.4. The van der Waals surface area contributed by atoms with Gasteiger partial charge in [-0.15, -0.1) is 0 Å². The number of rotatable bonds is 5. The van der Waals surface area contributed by atoms with Crippen molar-refractivity contribution in [1.82, 2.24) is 5.43 Å². The molecule has 120 valence electrons. The topological polar surface area (TPSA) is 76.7 Å². The van der Waals surface area contributed by atoms with Crippen LogP contribution in [0.3, 0.4) is 0 Å². The van der Waals surface area contributed by atoms with Crippen molar-refractivity contribution in [2.24, 2.45) is 5.10 Å². The van der Waals surface area contributed by atoms with Crippen molar-refractivity contribution >= 4 is 44.8 Å². The molecule has 0 aromatic heterocycles. The van der Waals surface area contributed by atoms with Gasteiger partial charge in [0.2, 0.25) is 0 Å². The van der Waals surface area contributed by atoms with E-state index in [1.165, 1.54) is 0 Å². The maximum atomic E-state index is 11.8.